The summed E-state index contributed by atoms with van der Waals surface area (Å²) >= 11 is 0. The molecule has 0 bridgehead atoms. The van der Waals surface area contributed by atoms with E-state index in [9.17, 15) is 13.2 Å². The number of nitrogens with zero attached hydrogens (tertiary/aromatic N) is 2. The number of aromatic nitrogens is 1. The summed E-state index contributed by atoms with van der Waals surface area (Å²) in [7, 11) is -3.48. The van der Waals surface area contributed by atoms with E-state index in [2.05, 4.69) is 5.32 Å². The first-order chi connectivity index (χ1) is 15.0. The number of amides is 1. The molecule has 6 nitrogen and oxygen atoms in total. The van der Waals surface area contributed by atoms with Crippen LogP contribution in [0.3, 0.4) is 0 Å². The summed E-state index contributed by atoms with van der Waals surface area (Å²) in [5.74, 6) is -0.0473. The molecule has 2 heterocycles. The lowest BCUT2D eigenvalue weighted by Gasteiger charge is -2.26. The van der Waals surface area contributed by atoms with Crippen molar-refractivity contribution in [2.45, 2.75) is 50.1 Å². The maximum absolute atomic E-state index is 13.0. The third-order valence-electron chi connectivity index (χ3n) is 5.98. The number of rotatable bonds is 7. The number of carbonyl (C=O) groups is 1. The van der Waals surface area contributed by atoms with Gasteiger partial charge in [0.2, 0.25) is 15.9 Å². The average molecular weight is 440 g/mol. The third kappa shape index (κ3) is 4.52. The Hall–Kier alpha value is -2.64. The maximum Gasteiger partial charge on any atom is 0.243 e. The fourth-order valence-corrected chi connectivity index (χ4v) is 5.79. The Labute approximate surface area is 183 Å². The number of benzene rings is 2. The molecule has 1 amide bonds. The molecule has 1 saturated heterocycles. The zero-order valence-electron chi connectivity index (χ0n) is 17.8. The number of nitrogens with one attached hydrogen (secondary N) is 1. The first-order valence-electron chi connectivity index (χ1n) is 10.9. The van der Waals surface area contributed by atoms with E-state index in [1.165, 1.54) is 0 Å². The van der Waals surface area contributed by atoms with Crippen LogP contribution in [0.15, 0.2) is 65.7 Å². The number of piperidine rings is 1. The first-order valence-corrected chi connectivity index (χ1v) is 12.4. The van der Waals surface area contributed by atoms with Gasteiger partial charge in [0, 0.05) is 36.7 Å². The molecule has 0 aliphatic carbocycles. The highest BCUT2D eigenvalue weighted by Gasteiger charge is 2.27. The van der Waals surface area contributed by atoms with Crippen LogP contribution in [-0.4, -0.2) is 36.3 Å². The predicted molar refractivity (Wildman–Crippen MR) is 122 cm³/mol. The normalized spacial score (nSPS) is 16.3. The molecule has 1 unspecified atom stereocenters. The van der Waals surface area contributed by atoms with Gasteiger partial charge in [-0.1, -0.05) is 43.7 Å². The van der Waals surface area contributed by atoms with Gasteiger partial charge in [-0.15, -0.1) is 0 Å². The molecule has 2 aromatic carbocycles. The number of carbonyl (C=O) groups excluding carboxylic acids is 1. The van der Waals surface area contributed by atoms with E-state index < -0.39 is 10.0 Å². The molecule has 1 fully saturated rings. The summed E-state index contributed by atoms with van der Waals surface area (Å²) in [5.41, 5.74) is 1.91. The van der Waals surface area contributed by atoms with Crippen molar-refractivity contribution >= 4 is 26.8 Å². The van der Waals surface area contributed by atoms with Crippen LogP contribution >= 0.6 is 0 Å². The van der Waals surface area contributed by atoms with Gasteiger partial charge in [-0.2, -0.15) is 4.31 Å². The molecule has 7 heteroatoms. The summed E-state index contributed by atoms with van der Waals surface area (Å²) in [4.78, 5) is 13.2. The summed E-state index contributed by atoms with van der Waals surface area (Å²) in [5, 5.41) is 3.85. The van der Waals surface area contributed by atoms with E-state index in [0.717, 1.165) is 35.7 Å². The van der Waals surface area contributed by atoms with Crippen molar-refractivity contribution < 1.29 is 13.2 Å². The van der Waals surface area contributed by atoms with Crippen molar-refractivity contribution in [1.29, 1.82) is 0 Å². The van der Waals surface area contributed by atoms with Crippen molar-refractivity contribution in [1.82, 2.24) is 14.2 Å². The van der Waals surface area contributed by atoms with Gasteiger partial charge in [0.25, 0.3) is 0 Å². The fraction of sp³-hybridized carbons (Fsp3) is 0.375. The molecule has 1 atom stereocenters. The number of hydrogen-bond donors (Lipinski definition) is 1. The summed E-state index contributed by atoms with van der Waals surface area (Å²) < 4.78 is 29.5. The molecular weight excluding hydrogens is 410 g/mol. The van der Waals surface area contributed by atoms with E-state index in [0.29, 0.717) is 31.0 Å². The molecule has 4 rings (SSSR count). The standard InChI is InChI=1S/C24H29N3O3S/c1-2-22(24(28)25-18-19-9-5-3-6-10-19)27-16-13-20-17-21(11-12-23(20)27)31(29,30)26-14-7-4-8-15-26/h3,5-6,9-13,16-17,22H,2,4,7-8,14-15,18H2,1H3,(H,25,28). The zero-order chi connectivity index (χ0) is 21.8. The molecule has 1 N–H and O–H groups in total. The molecule has 1 aliphatic heterocycles. The van der Waals surface area contributed by atoms with Crippen LogP contribution in [0.5, 0.6) is 0 Å². The fourth-order valence-electron chi connectivity index (χ4n) is 4.24. The Bertz CT molecular complexity index is 1150. The Morgan fingerprint density at radius 2 is 1.77 bits per heavy atom. The smallest absolute Gasteiger partial charge is 0.243 e. The highest BCUT2D eigenvalue weighted by molar-refractivity contribution is 7.89. The highest BCUT2D eigenvalue weighted by atomic mass is 32.2. The van der Waals surface area contributed by atoms with Crippen molar-refractivity contribution in [3.63, 3.8) is 0 Å². The van der Waals surface area contributed by atoms with Gasteiger partial charge in [-0.3, -0.25) is 4.79 Å². The summed E-state index contributed by atoms with van der Waals surface area (Å²) in [6.45, 7) is 3.63. The predicted octanol–water partition coefficient (Wildman–Crippen LogP) is 4.08. The van der Waals surface area contributed by atoms with E-state index >= 15 is 0 Å². The van der Waals surface area contributed by atoms with Crippen molar-refractivity contribution in [3.8, 4) is 0 Å². The lowest BCUT2D eigenvalue weighted by atomic mass is 10.1. The second-order valence-electron chi connectivity index (χ2n) is 8.04. The monoisotopic (exact) mass is 439 g/mol. The van der Waals surface area contributed by atoms with Gasteiger partial charge >= 0.3 is 0 Å². The van der Waals surface area contributed by atoms with E-state index in [1.54, 1.807) is 16.4 Å². The quantitative estimate of drug-likeness (QED) is 0.603. The van der Waals surface area contributed by atoms with Crippen molar-refractivity contribution in [2.75, 3.05) is 13.1 Å². The number of hydrogen-bond acceptors (Lipinski definition) is 3. The Balaban J connectivity index is 1.55. The molecule has 31 heavy (non-hydrogen) atoms. The number of fused-ring (bicyclic) bond motifs is 1. The highest BCUT2D eigenvalue weighted by Crippen LogP contribution is 2.27. The molecule has 1 aromatic heterocycles. The van der Waals surface area contributed by atoms with Gasteiger partial charge in [0.05, 0.1) is 4.90 Å². The summed E-state index contributed by atoms with van der Waals surface area (Å²) in [6.07, 6.45) is 5.41. The second kappa shape index (κ2) is 9.24. The second-order valence-corrected chi connectivity index (χ2v) is 9.97. The molecule has 0 spiro atoms. The maximum atomic E-state index is 13.0. The van der Waals surface area contributed by atoms with Crippen LogP contribution in [0.4, 0.5) is 0 Å². The van der Waals surface area contributed by atoms with Crippen LogP contribution in [0.2, 0.25) is 0 Å². The van der Waals surface area contributed by atoms with Gasteiger partial charge in [0.1, 0.15) is 6.04 Å². The SMILES string of the molecule is CCC(C(=O)NCc1ccccc1)n1ccc2cc(S(=O)(=O)N3CCCCC3)ccc21. The van der Waals surface area contributed by atoms with Crippen LogP contribution < -0.4 is 5.32 Å². The van der Waals surface area contributed by atoms with Gasteiger partial charge < -0.3 is 9.88 Å². The minimum Gasteiger partial charge on any atom is -0.350 e. The van der Waals surface area contributed by atoms with Crippen molar-refractivity contribution in [3.05, 3.63) is 66.4 Å². The van der Waals surface area contributed by atoms with Crippen LogP contribution in [-0.2, 0) is 21.4 Å². The van der Waals surface area contributed by atoms with Gasteiger partial charge in [-0.25, -0.2) is 8.42 Å². The van der Waals surface area contributed by atoms with Crippen LogP contribution in [0.25, 0.3) is 10.9 Å². The zero-order valence-corrected chi connectivity index (χ0v) is 18.6. The lowest BCUT2D eigenvalue weighted by Crippen LogP contribution is -2.35. The first kappa shape index (κ1) is 21.6. The third-order valence-corrected chi connectivity index (χ3v) is 7.87. The minimum absolute atomic E-state index is 0.0473. The topological polar surface area (TPSA) is 71.4 Å². The van der Waals surface area contributed by atoms with Gasteiger partial charge in [-0.05, 0) is 49.1 Å². The van der Waals surface area contributed by atoms with E-state index in [-0.39, 0.29) is 11.9 Å². The minimum atomic E-state index is -3.48. The summed E-state index contributed by atoms with van der Waals surface area (Å²) in [6, 6.07) is 16.6. The lowest BCUT2D eigenvalue weighted by molar-refractivity contribution is -0.124. The molecule has 0 radical (unpaired) electrons. The molecular formula is C24H29N3O3S. The average Bonchev–Trinajstić information content (AvgIpc) is 3.22. The van der Waals surface area contributed by atoms with Crippen LogP contribution in [0, 0.1) is 0 Å². The number of sulfonamides is 1. The van der Waals surface area contributed by atoms with Gasteiger partial charge in [0.15, 0.2) is 0 Å². The van der Waals surface area contributed by atoms with E-state index in [1.807, 2.05) is 60.2 Å². The molecule has 164 valence electrons. The van der Waals surface area contributed by atoms with Crippen molar-refractivity contribution in [2.24, 2.45) is 0 Å². The Morgan fingerprint density at radius 3 is 2.48 bits per heavy atom. The molecule has 3 aromatic rings. The molecule has 1 aliphatic rings. The Morgan fingerprint density at radius 1 is 1.03 bits per heavy atom. The largest absolute Gasteiger partial charge is 0.350 e. The Kier molecular flexibility index (Phi) is 6.43. The van der Waals surface area contributed by atoms with Crippen LogP contribution in [0.1, 0.15) is 44.2 Å². The molecule has 0 saturated carbocycles. The van der Waals surface area contributed by atoms with E-state index in [4.69, 9.17) is 0 Å².